The minimum absolute atomic E-state index is 0.318. The van der Waals surface area contributed by atoms with E-state index in [4.69, 9.17) is 5.73 Å². The number of aromatic nitrogens is 1. The van der Waals surface area contributed by atoms with Gasteiger partial charge in [-0.2, -0.15) is 0 Å². The maximum atomic E-state index is 13.5. The van der Waals surface area contributed by atoms with Gasteiger partial charge in [-0.1, -0.05) is 26.0 Å². The average Bonchev–Trinajstić information content (AvgIpc) is 2.23. The normalized spacial score (nSPS) is 11.2. The minimum atomic E-state index is -0.318. The number of benzene rings is 1. The van der Waals surface area contributed by atoms with Crippen LogP contribution in [-0.4, -0.2) is 4.98 Å². The predicted octanol–water partition coefficient (Wildman–Crippen LogP) is 3.08. The largest absolute Gasteiger partial charge is 0.383 e. The molecule has 15 heavy (non-hydrogen) atoms. The third-order valence-corrected chi connectivity index (χ3v) is 2.56. The zero-order valence-corrected chi connectivity index (χ0v) is 8.79. The van der Waals surface area contributed by atoms with Crippen molar-refractivity contribution in [2.45, 2.75) is 19.8 Å². The Bertz CT molecular complexity index is 506. The van der Waals surface area contributed by atoms with Gasteiger partial charge >= 0.3 is 0 Å². The number of nitrogen functional groups attached to an aromatic ring is 1. The van der Waals surface area contributed by atoms with Crippen molar-refractivity contribution in [2.75, 3.05) is 5.73 Å². The first-order valence-corrected chi connectivity index (χ1v) is 4.93. The van der Waals surface area contributed by atoms with E-state index in [9.17, 15) is 4.39 Å². The summed E-state index contributed by atoms with van der Waals surface area (Å²) in [4.78, 5) is 3.78. The van der Waals surface area contributed by atoms with Gasteiger partial charge in [-0.05, 0) is 17.5 Å². The number of fused-ring (bicyclic) bond motifs is 1. The summed E-state index contributed by atoms with van der Waals surface area (Å²) in [6, 6.07) is 5.63. The highest BCUT2D eigenvalue weighted by molar-refractivity contribution is 5.91. The Kier molecular flexibility index (Phi) is 2.31. The first kappa shape index (κ1) is 9.90. The van der Waals surface area contributed by atoms with Gasteiger partial charge in [0.15, 0.2) is 0 Å². The Morgan fingerprint density at radius 2 is 2.00 bits per heavy atom. The second-order valence-electron chi connectivity index (χ2n) is 3.95. The Hall–Kier alpha value is -1.64. The van der Waals surface area contributed by atoms with E-state index in [-0.39, 0.29) is 5.82 Å². The van der Waals surface area contributed by atoms with E-state index < -0.39 is 0 Å². The highest BCUT2D eigenvalue weighted by Crippen LogP contribution is 2.25. The fourth-order valence-corrected chi connectivity index (χ4v) is 1.61. The number of nitrogens with zero attached hydrogens (tertiary/aromatic N) is 1. The summed E-state index contributed by atoms with van der Waals surface area (Å²) < 4.78 is 13.5. The zero-order chi connectivity index (χ0) is 11.0. The van der Waals surface area contributed by atoms with Crippen LogP contribution in [0.15, 0.2) is 24.4 Å². The van der Waals surface area contributed by atoms with E-state index in [0.717, 1.165) is 5.56 Å². The summed E-state index contributed by atoms with van der Waals surface area (Å²) in [7, 11) is 0. The molecule has 0 atom stereocenters. The van der Waals surface area contributed by atoms with Gasteiger partial charge in [0.25, 0.3) is 0 Å². The molecule has 0 bridgehead atoms. The lowest BCUT2D eigenvalue weighted by atomic mass is 10.00. The molecule has 0 saturated carbocycles. The van der Waals surface area contributed by atoms with Gasteiger partial charge in [0.2, 0.25) is 0 Å². The molecule has 0 fully saturated rings. The highest BCUT2D eigenvalue weighted by atomic mass is 19.1. The number of hydrogen-bond donors (Lipinski definition) is 1. The SMILES string of the molecule is CC(C)c1ccc2c(N)ncc(F)c2c1. The molecule has 1 heterocycles. The van der Waals surface area contributed by atoms with Crippen LogP contribution in [0.1, 0.15) is 25.3 Å². The van der Waals surface area contributed by atoms with E-state index in [0.29, 0.717) is 22.5 Å². The van der Waals surface area contributed by atoms with Crippen LogP contribution in [0.5, 0.6) is 0 Å². The van der Waals surface area contributed by atoms with Crippen molar-refractivity contribution in [3.63, 3.8) is 0 Å². The molecule has 0 aliphatic rings. The molecule has 3 heteroatoms. The quantitative estimate of drug-likeness (QED) is 0.775. The van der Waals surface area contributed by atoms with Crippen molar-refractivity contribution < 1.29 is 4.39 Å². The molecule has 2 N–H and O–H groups in total. The van der Waals surface area contributed by atoms with Crippen LogP contribution in [0.3, 0.4) is 0 Å². The van der Waals surface area contributed by atoms with E-state index in [1.165, 1.54) is 6.20 Å². The molecular formula is C12H13FN2. The molecule has 0 unspecified atom stereocenters. The van der Waals surface area contributed by atoms with Crippen molar-refractivity contribution in [3.05, 3.63) is 35.8 Å². The number of nitrogens with two attached hydrogens (primary N) is 1. The predicted molar refractivity (Wildman–Crippen MR) is 60.2 cm³/mol. The summed E-state index contributed by atoms with van der Waals surface area (Å²) >= 11 is 0. The lowest BCUT2D eigenvalue weighted by Gasteiger charge is -2.08. The summed E-state index contributed by atoms with van der Waals surface area (Å²) in [5.41, 5.74) is 6.78. The summed E-state index contributed by atoms with van der Waals surface area (Å²) in [6.07, 6.45) is 1.17. The van der Waals surface area contributed by atoms with Gasteiger partial charge in [-0.15, -0.1) is 0 Å². The Morgan fingerprint density at radius 3 is 2.67 bits per heavy atom. The molecule has 2 nitrogen and oxygen atoms in total. The molecular weight excluding hydrogens is 191 g/mol. The standard InChI is InChI=1S/C12H13FN2/c1-7(2)8-3-4-9-10(5-8)11(13)6-15-12(9)14/h3-7H,1-2H3,(H2,14,15). The first-order chi connectivity index (χ1) is 7.09. The van der Waals surface area contributed by atoms with Crippen molar-refractivity contribution in [3.8, 4) is 0 Å². The molecule has 2 rings (SSSR count). The van der Waals surface area contributed by atoms with E-state index >= 15 is 0 Å². The minimum Gasteiger partial charge on any atom is -0.383 e. The molecule has 0 radical (unpaired) electrons. The van der Waals surface area contributed by atoms with Gasteiger partial charge in [-0.25, -0.2) is 9.37 Å². The molecule has 0 aliphatic carbocycles. The van der Waals surface area contributed by atoms with Crippen LogP contribution in [0.4, 0.5) is 10.2 Å². The average molecular weight is 204 g/mol. The van der Waals surface area contributed by atoms with E-state index in [1.807, 2.05) is 18.2 Å². The fraction of sp³-hybridized carbons (Fsp3) is 0.250. The molecule has 0 saturated heterocycles. The maximum absolute atomic E-state index is 13.5. The van der Waals surface area contributed by atoms with Crippen LogP contribution in [0.2, 0.25) is 0 Å². The zero-order valence-electron chi connectivity index (χ0n) is 8.79. The van der Waals surface area contributed by atoms with Gasteiger partial charge in [-0.3, -0.25) is 0 Å². The highest BCUT2D eigenvalue weighted by Gasteiger charge is 2.07. The topological polar surface area (TPSA) is 38.9 Å². The van der Waals surface area contributed by atoms with Gasteiger partial charge in [0, 0.05) is 10.8 Å². The third-order valence-electron chi connectivity index (χ3n) is 2.56. The van der Waals surface area contributed by atoms with Crippen LogP contribution in [-0.2, 0) is 0 Å². The van der Waals surface area contributed by atoms with Crippen molar-refractivity contribution in [1.29, 1.82) is 0 Å². The number of hydrogen-bond acceptors (Lipinski definition) is 2. The molecule has 0 aliphatic heterocycles. The second kappa shape index (κ2) is 3.50. The number of halogens is 1. The molecule has 2 aromatic rings. The van der Waals surface area contributed by atoms with Crippen molar-refractivity contribution in [1.82, 2.24) is 4.98 Å². The third kappa shape index (κ3) is 1.65. The summed E-state index contributed by atoms with van der Waals surface area (Å²) in [6.45, 7) is 4.15. The smallest absolute Gasteiger partial charge is 0.149 e. The Labute approximate surface area is 87.9 Å². The van der Waals surface area contributed by atoms with Crippen LogP contribution < -0.4 is 5.73 Å². The molecule has 1 aromatic carbocycles. The monoisotopic (exact) mass is 204 g/mol. The van der Waals surface area contributed by atoms with Crippen LogP contribution >= 0.6 is 0 Å². The van der Waals surface area contributed by atoms with Crippen molar-refractivity contribution in [2.24, 2.45) is 0 Å². The number of rotatable bonds is 1. The molecule has 1 aromatic heterocycles. The maximum Gasteiger partial charge on any atom is 0.149 e. The lowest BCUT2D eigenvalue weighted by molar-refractivity contribution is 0.634. The molecule has 78 valence electrons. The molecule has 0 spiro atoms. The second-order valence-corrected chi connectivity index (χ2v) is 3.95. The van der Waals surface area contributed by atoms with Crippen molar-refractivity contribution >= 4 is 16.6 Å². The van der Waals surface area contributed by atoms with Crippen LogP contribution in [0, 0.1) is 5.82 Å². The van der Waals surface area contributed by atoms with Gasteiger partial charge < -0.3 is 5.73 Å². The number of anilines is 1. The fourth-order valence-electron chi connectivity index (χ4n) is 1.61. The summed E-state index contributed by atoms with van der Waals surface area (Å²) in [5.74, 6) is 0.437. The Balaban J connectivity index is 2.76. The van der Waals surface area contributed by atoms with Gasteiger partial charge in [0.05, 0.1) is 6.20 Å². The molecule has 0 amide bonds. The number of pyridine rings is 1. The van der Waals surface area contributed by atoms with Crippen LogP contribution in [0.25, 0.3) is 10.8 Å². The first-order valence-electron chi connectivity index (χ1n) is 4.93. The lowest BCUT2D eigenvalue weighted by Crippen LogP contribution is -1.95. The van der Waals surface area contributed by atoms with Gasteiger partial charge in [0.1, 0.15) is 11.6 Å². The van der Waals surface area contributed by atoms with E-state index in [1.54, 1.807) is 0 Å². The van der Waals surface area contributed by atoms with E-state index in [2.05, 4.69) is 18.8 Å². The Morgan fingerprint density at radius 1 is 1.27 bits per heavy atom. The summed E-state index contributed by atoms with van der Waals surface area (Å²) in [5, 5.41) is 1.23.